The van der Waals surface area contributed by atoms with E-state index in [0.717, 1.165) is 29.2 Å². The molecule has 1 aliphatic rings. The van der Waals surface area contributed by atoms with Crippen molar-refractivity contribution in [1.29, 1.82) is 0 Å². The molecule has 2 aromatic rings. The second-order valence-corrected chi connectivity index (χ2v) is 6.99. The van der Waals surface area contributed by atoms with Crippen LogP contribution in [0.5, 0.6) is 0 Å². The minimum atomic E-state index is -0.693. The number of carbonyl (C=O) groups is 1. The fourth-order valence-corrected chi connectivity index (χ4v) is 3.37. The third kappa shape index (κ3) is 2.86. The first-order chi connectivity index (χ1) is 9.96. The molecule has 2 heteroatoms. The van der Waals surface area contributed by atoms with Gasteiger partial charge in [-0.15, -0.1) is 0 Å². The summed E-state index contributed by atoms with van der Waals surface area (Å²) in [4.78, 5) is 12.2. The number of fused-ring (bicyclic) bond motifs is 1. The third-order valence-electron chi connectivity index (χ3n) is 4.73. The van der Waals surface area contributed by atoms with E-state index in [1.807, 2.05) is 36.4 Å². The molecule has 110 valence electrons. The quantitative estimate of drug-likeness (QED) is 0.893. The van der Waals surface area contributed by atoms with Gasteiger partial charge in [-0.1, -0.05) is 50.2 Å². The van der Waals surface area contributed by atoms with Gasteiger partial charge in [-0.2, -0.15) is 0 Å². The van der Waals surface area contributed by atoms with Gasteiger partial charge in [-0.05, 0) is 40.7 Å². The Labute approximate surface area is 125 Å². The highest BCUT2D eigenvalue weighted by atomic mass is 16.3. The lowest BCUT2D eigenvalue weighted by atomic mass is 9.69. The summed E-state index contributed by atoms with van der Waals surface area (Å²) < 4.78 is 0. The highest BCUT2D eigenvalue weighted by Crippen LogP contribution is 2.42. The van der Waals surface area contributed by atoms with E-state index in [9.17, 15) is 9.90 Å². The van der Waals surface area contributed by atoms with Crippen LogP contribution in [0.4, 0.5) is 0 Å². The standard InChI is InChI=1S/C19H22O2/c1-19(2)10-9-17(20)16(12-19)18(21)15-8-7-13-5-3-4-6-14(13)11-15/h3-8,11,16,18,21H,9-10,12H2,1-2H3/t16-,18+/m1/s1. The molecular formula is C19H22O2. The first-order valence-electron chi connectivity index (χ1n) is 7.66. The molecule has 0 bridgehead atoms. The Morgan fingerprint density at radius 3 is 2.62 bits per heavy atom. The van der Waals surface area contributed by atoms with Crippen LogP contribution in [0.15, 0.2) is 42.5 Å². The summed E-state index contributed by atoms with van der Waals surface area (Å²) in [6.45, 7) is 4.36. The van der Waals surface area contributed by atoms with Gasteiger partial charge in [0.15, 0.2) is 0 Å². The predicted molar refractivity (Wildman–Crippen MR) is 85.0 cm³/mol. The highest BCUT2D eigenvalue weighted by Gasteiger charge is 2.38. The van der Waals surface area contributed by atoms with Crippen LogP contribution in [0.25, 0.3) is 10.8 Å². The lowest BCUT2D eigenvalue weighted by Gasteiger charge is -2.36. The molecule has 1 aliphatic carbocycles. The van der Waals surface area contributed by atoms with Crippen LogP contribution in [0.3, 0.4) is 0 Å². The summed E-state index contributed by atoms with van der Waals surface area (Å²) in [7, 11) is 0. The van der Waals surface area contributed by atoms with Gasteiger partial charge in [0.05, 0.1) is 6.10 Å². The molecule has 3 rings (SSSR count). The number of carbonyl (C=O) groups excluding carboxylic acids is 1. The molecule has 21 heavy (non-hydrogen) atoms. The van der Waals surface area contributed by atoms with Gasteiger partial charge >= 0.3 is 0 Å². The molecular weight excluding hydrogens is 260 g/mol. The Morgan fingerprint density at radius 2 is 1.86 bits per heavy atom. The molecule has 0 unspecified atom stereocenters. The maximum atomic E-state index is 12.2. The van der Waals surface area contributed by atoms with Gasteiger partial charge < -0.3 is 5.11 Å². The summed E-state index contributed by atoms with van der Waals surface area (Å²) in [6.07, 6.45) is 1.58. The minimum Gasteiger partial charge on any atom is -0.388 e. The zero-order valence-corrected chi connectivity index (χ0v) is 12.7. The number of rotatable bonds is 2. The molecule has 0 aliphatic heterocycles. The van der Waals surface area contributed by atoms with Gasteiger partial charge in [0, 0.05) is 12.3 Å². The fourth-order valence-electron chi connectivity index (χ4n) is 3.37. The maximum Gasteiger partial charge on any atom is 0.138 e. The number of aliphatic hydroxyl groups is 1. The molecule has 0 aromatic heterocycles. The monoisotopic (exact) mass is 282 g/mol. The van der Waals surface area contributed by atoms with E-state index in [1.54, 1.807) is 0 Å². The summed E-state index contributed by atoms with van der Waals surface area (Å²) in [5, 5.41) is 13.0. The number of ketones is 1. The predicted octanol–water partition coefficient (Wildman–Crippen LogP) is 4.27. The van der Waals surface area contributed by atoms with Crippen molar-refractivity contribution in [2.45, 2.75) is 39.2 Å². The van der Waals surface area contributed by atoms with E-state index in [4.69, 9.17) is 0 Å². The molecule has 2 atom stereocenters. The van der Waals surface area contributed by atoms with E-state index in [-0.39, 0.29) is 17.1 Å². The Kier molecular flexibility index (Phi) is 3.58. The smallest absolute Gasteiger partial charge is 0.138 e. The zero-order valence-electron chi connectivity index (χ0n) is 12.7. The number of aliphatic hydroxyl groups excluding tert-OH is 1. The molecule has 2 nitrogen and oxygen atoms in total. The van der Waals surface area contributed by atoms with Gasteiger partial charge in [0.25, 0.3) is 0 Å². The Bertz CT molecular complexity index is 672. The number of Topliss-reactive ketones (excluding diaryl/α,β-unsaturated/α-hetero) is 1. The van der Waals surface area contributed by atoms with E-state index in [1.165, 1.54) is 0 Å². The van der Waals surface area contributed by atoms with Gasteiger partial charge in [0.1, 0.15) is 5.78 Å². The molecule has 1 saturated carbocycles. The highest BCUT2D eigenvalue weighted by molar-refractivity contribution is 5.85. The molecule has 0 saturated heterocycles. The van der Waals surface area contributed by atoms with Crippen LogP contribution < -0.4 is 0 Å². The molecule has 0 spiro atoms. The normalized spacial score (nSPS) is 23.2. The Morgan fingerprint density at radius 1 is 1.14 bits per heavy atom. The first kappa shape index (κ1) is 14.3. The lowest BCUT2D eigenvalue weighted by molar-refractivity contribution is -0.131. The van der Waals surface area contributed by atoms with Crippen molar-refractivity contribution in [2.24, 2.45) is 11.3 Å². The SMILES string of the molecule is CC1(C)CCC(=O)[C@H]([C@@H](O)c2ccc3ccccc3c2)C1. The molecule has 0 heterocycles. The maximum absolute atomic E-state index is 12.2. The zero-order chi connectivity index (χ0) is 15.0. The van der Waals surface area contributed by atoms with Crippen molar-refractivity contribution in [3.8, 4) is 0 Å². The average Bonchev–Trinajstić information content (AvgIpc) is 2.48. The van der Waals surface area contributed by atoms with Crippen LogP contribution in [0.1, 0.15) is 44.8 Å². The lowest BCUT2D eigenvalue weighted by Crippen LogP contribution is -2.33. The van der Waals surface area contributed by atoms with Gasteiger partial charge in [0.2, 0.25) is 0 Å². The van der Waals surface area contributed by atoms with Crippen LogP contribution in [0.2, 0.25) is 0 Å². The summed E-state index contributed by atoms with van der Waals surface area (Å²) in [5.41, 5.74) is 0.987. The Balaban J connectivity index is 1.92. The first-order valence-corrected chi connectivity index (χ1v) is 7.66. The summed E-state index contributed by atoms with van der Waals surface area (Å²) in [5.74, 6) is -0.0649. The van der Waals surface area contributed by atoms with Crippen LogP contribution in [-0.2, 0) is 4.79 Å². The van der Waals surface area contributed by atoms with Crippen LogP contribution in [0, 0.1) is 11.3 Å². The van der Waals surface area contributed by atoms with Crippen molar-refractivity contribution in [3.63, 3.8) is 0 Å². The molecule has 2 aromatic carbocycles. The van der Waals surface area contributed by atoms with E-state index in [2.05, 4.69) is 19.9 Å². The van der Waals surface area contributed by atoms with Gasteiger partial charge in [-0.25, -0.2) is 0 Å². The fraction of sp³-hybridized carbons (Fsp3) is 0.421. The minimum absolute atomic E-state index is 0.135. The number of hydrogen-bond acceptors (Lipinski definition) is 2. The van der Waals surface area contributed by atoms with E-state index in [0.29, 0.717) is 6.42 Å². The van der Waals surface area contributed by atoms with Crippen molar-refractivity contribution >= 4 is 16.6 Å². The topological polar surface area (TPSA) is 37.3 Å². The van der Waals surface area contributed by atoms with Crippen LogP contribution in [-0.4, -0.2) is 10.9 Å². The van der Waals surface area contributed by atoms with Crippen molar-refractivity contribution in [2.75, 3.05) is 0 Å². The molecule has 1 fully saturated rings. The van der Waals surface area contributed by atoms with Gasteiger partial charge in [-0.3, -0.25) is 4.79 Å². The Hall–Kier alpha value is -1.67. The van der Waals surface area contributed by atoms with E-state index < -0.39 is 6.10 Å². The molecule has 0 amide bonds. The third-order valence-corrected chi connectivity index (χ3v) is 4.73. The average molecular weight is 282 g/mol. The van der Waals surface area contributed by atoms with Crippen molar-refractivity contribution in [1.82, 2.24) is 0 Å². The number of hydrogen-bond donors (Lipinski definition) is 1. The molecule has 1 N–H and O–H groups in total. The molecule has 0 radical (unpaired) electrons. The summed E-state index contributed by atoms with van der Waals surface area (Å²) in [6, 6.07) is 14.1. The summed E-state index contributed by atoms with van der Waals surface area (Å²) >= 11 is 0. The number of benzene rings is 2. The second kappa shape index (κ2) is 5.27. The van der Waals surface area contributed by atoms with Crippen LogP contribution >= 0.6 is 0 Å². The van der Waals surface area contributed by atoms with Crippen molar-refractivity contribution < 1.29 is 9.90 Å². The van der Waals surface area contributed by atoms with Crippen molar-refractivity contribution in [3.05, 3.63) is 48.0 Å². The second-order valence-electron chi connectivity index (χ2n) is 6.99. The largest absolute Gasteiger partial charge is 0.388 e. The van der Waals surface area contributed by atoms with E-state index >= 15 is 0 Å².